The minimum absolute atomic E-state index is 0.0224. The van der Waals surface area contributed by atoms with E-state index in [1.807, 2.05) is 35.0 Å². The van der Waals surface area contributed by atoms with Crippen molar-refractivity contribution in [1.29, 1.82) is 0 Å². The topological polar surface area (TPSA) is 71.2 Å². The summed E-state index contributed by atoms with van der Waals surface area (Å²) in [4.78, 5) is 22.2. The first-order chi connectivity index (χ1) is 14.7. The Hall–Kier alpha value is -3.03. The number of pyridine rings is 2. The molecular weight excluding hydrogens is 380 g/mol. The van der Waals surface area contributed by atoms with Crippen LogP contribution in [0.4, 0.5) is 0 Å². The van der Waals surface area contributed by atoms with Crippen LogP contribution in [0.2, 0.25) is 0 Å². The number of ether oxygens (including phenoxy) is 2. The second kappa shape index (κ2) is 7.66. The van der Waals surface area contributed by atoms with E-state index >= 15 is 0 Å². The smallest absolute Gasteiger partial charge is 0.329 e. The Labute approximate surface area is 173 Å². The van der Waals surface area contributed by atoms with E-state index in [0.29, 0.717) is 13.2 Å². The summed E-state index contributed by atoms with van der Waals surface area (Å²) in [5.74, 6) is 0. The molecule has 0 aliphatic carbocycles. The van der Waals surface area contributed by atoms with Crippen molar-refractivity contribution >= 4 is 21.9 Å². The van der Waals surface area contributed by atoms with E-state index in [4.69, 9.17) is 9.47 Å². The molecule has 0 spiro atoms. The van der Waals surface area contributed by atoms with E-state index in [0.717, 1.165) is 58.2 Å². The van der Waals surface area contributed by atoms with Gasteiger partial charge in [0, 0.05) is 37.9 Å². The average Bonchev–Trinajstić information content (AvgIpc) is 3.05. The van der Waals surface area contributed by atoms with Gasteiger partial charge in [0.1, 0.15) is 0 Å². The van der Waals surface area contributed by atoms with Crippen molar-refractivity contribution in [2.75, 3.05) is 20.3 Å². The molecule has 1 aromatic carbocycles. The van der Waals surface area contributed by atoms with E-state index in [1.165, 1.54) is 0 Å². The third-order valence-corrected chi connectivity index (χ3v) is 5.87. The van der Waals surface area contributed by atoms with Gasteiger partial charge in [0.25, 0.3) is 0 Å². The van der Waals surface area contributed by atoms with Gasteiger partial charge in [-0.25, -0.2) is 4.79 Å². The molecule has 154 valence electrons. The summed E-state index contributed by atoms with van der Waals surface area (Å²) in [6, 6.07) is 10.2. The molecule has 3 aromatic heterocycles. The van der Waals surface area contributed by atoms with Gasteiger partial charge < -0.3 is 9.47 Å². The van der Waals surface area contributed by atoms with Crippen LogP contribution in [-0.4, -0.2) is 39.4 Å². The van der Waals surface area contributed by atoms with Crippen molar-refractivity contribution < 1.29 is 9.47 Å². The number of benzene rings is 1. The summed E-state index contributed by atoms with van der Waals surface area (Å²) in [6.07, 6.45) is 5.55. The molecule has 1 atom stereocenters. The molecule has 0 unspecified atom stereocenters. The molecule has 1 aliphatic heterocycles. The molecule has 4 aromatic rings. The van der Waals surface area contributed by atoms with Gasteiger partial charge in [-0.2, -0.15) is 0 Å². The van der Waals surface area contributed by atoms with Crippen LogP contribution in [0.5, 0.6) is 0 Å². The standard InChI is InChI=1S/C23H24N4O3/c1-26-21-12-25-20-8-6-15(16-5-7-17(13-29-2)24-11-16)10-19(20)22(21)27(23(26)28)18-4-3-9-30-14-18/h5-8,10-12,18H,3-4,9,13-14H2,1-2H3/t18-/m0/s1. The van der Waals surface area contributed by atoms with Gasteiger partial charge in [-0.05, 0) is 36.6 Å². The molecule has 1 fully saturated rings. The van der Waals surface area contributed by atoms with Crippen molar-refractivity contribution in [2.45, 2.75) is 25.5 Å². The van der Waals surface area contributed by atoms with Gasteiger partial charge in [-0.1, -0.05) is 12.1 Å². The molecule has 0 saturated carbocycles. The van der Waals surface area contributed by atoms with E-state index < -0.39 is 0 Å². The second-order valence-corrected chi connectivity index (χ2v) is 7.78. The summed E-state index contributed by atoms with van der Waals surface area (Å²) in [7, 11) is 3.47. The zero-order valence-electron chi connectivity index (χ0n) is 17.2. The predicted molar refractivity (Wildman–Crippen MR) is 116 cm³/mol. The second-order valence-electron chi connectivity index (χ2n) is 7.78. The normalized spacial score (nSPS) is 17.1. The number of rotatable bonds is 4. The van der Waals surface area contributed by atoms with Crippen LogP contribution in [0.1, 0.15) is 24.6 Å². The monoisotopic (exact) mass is 404 g/mol. The lowest BCUT2D eigenvalue weighted by atomic mass is 10.0. The molecule has 1 aliphatic rings. The third-order valence-electron chi connectivity index (χ3n) is 5.87. The number of aryl methyl sites for hydroxylation is 1. The Bertz CT molecular complexity index is 1270. The lowest BCUT2D eigenvalue weighted by Gasteiger charge is -2.23. The maximum atomic E-state index is 13.1. The van der Waals surface area contributed by atoms with Gasteiger partial charge in [-0.3, -0.25) is 19.1 Å². The van der Waals surface area contributed by atoms with Crippen molar-refractivity contribution in [3.8, 4) is 11.1 Å². The molecule has 0 amide bonds. The summed E-state index contributed by atoms with van der Waals surface area (Å²) in [5.41, 5.74) is 5.55. The molecule has 7 nitrogen and oxygen atoms in total. The number of hydrogen-bond donors (Lipinski definition) is 0. The van der Waals surface area contributed by atoms with Gasteiger partial charge in [-0.15, -0.1) is 0 Å². The van der Waals surface area contributed by atoms with E-state index in [2.05, 4.69) is 16.0 Å². The number of methoxy groups -OCH3 is 1. The first kappa shape index (κ1) is 19.0. The highest BCUT2D eigenvalue weighted by Gasteiger charge is 2.23. The van der Waals surface area contributed by atoms with E-state index in [1.54, 1.807) is 24.9 Å². The minimum atomic E-state index is -0.0224. The van der Waals surface area contributed by atoms with Crippen LogP contribution < -0.4 is 5.69 Å². The van der Waals surface area contributed by atoms with Crippen molar-refractivity contribution in [3.63, 3.8) is 0 Å². The third kappa shape index (κ3) is 3.11. The summed E-state index contributed by atoms with van der Waals surface area (Å²) in [6.45, 7) is 1.81. The largest absolute Gasteiger partial charge is 0.379 e. The van der Waals surface area contributed by atoms with Gasteiger partial charge >= 0.3 is 5.69 Å². The highest BCUT2D eigenvalue weighted by atomic mass is 16.5. The van der Waals surface area contributed by atoms with Crippen LogP contribution >= 0.6 is 0 Å². The van der Waals surface area contributed by atoms with Crippen LogP contribution in [0, 0.1) is 0 Å². The van der Waals surface area contributed by atoms with Crippen LogP contribution in [-0.2, 0) is 23.1 Å². The Morgan fingerprint density at radius 1 is 1.17 bits per heavy atom. The zero-order valence-corrected chi connectivity index (χ0v) is 17.2. The van der Waals surface area contributed by atoms with Crippen LogP contribution in [0.15, 0.2) is 47.5 Å². The fourth-order valence-electron chi connectivity index (χ4n) is 4.30. The predicted octanol–water partition coefficient (Wildman–Crippen LogP) is 3.45. The zero-order chi connectivity index (χ0) is 20.7. The molecule has 5 rings (SSSR count). The molecule has 30 heavy (non-hydrogen) atoms. The molecule has 0 N–H and O–H groups in total. The van der Waals surface area contributed by atoms with Crippen molar-refractivity contribution in [1.82, 2.24) is 19.1 Å². The molecule has 0 radical (unpaired) electrons. The quantitative estimate of drug-likeness (QED) is 0.521. The summed E-state index contributed by atoms with van der Waals surface area (Å²) >= 11 is 0. The molecule has 0 bridgehead atoms. The Balaban J connectivity index is 1.71. The maximum Gasteiger partial charge on any atom is 0.329 e. The summed E-state index contributed by atoms with van der Waals surface area (Å²) in [5, 5.41) is 0.967. The fourth-order valence-corrected chi connectivity index (χ4v) is 4.30. The Kier molecular flexibility index (Phi) is 4.84. The molecular formula is C23H24N4O3. The van der Waals surface area contributed by atoms with Crippen molar-refractivity contribution in [3.05, 3.63) is 58.9 Å². The van der Waals surface area contributed by atoms with Crippen LogP contribution in [0.25, 0.3) is 33.1 Å². The number of nitrogens with zero attached hydrogens (tertiary/aromatic N) is 4. The number of fused-ring (bicyclic) bond motifs is 3. The molecule has 4 heterocycles. The lowest BCUT2D eigenvalue weighted by molar-refractivity contribution is 0.0593. The van der Waals surface area contributed by atoms with Gasteiger partial charge in [0.2, 0.25) is 0 Å². The number of hydrogen-bond acceptors (Lipinski definition) is 5. The first-order valence-electron chi connectivity index (χ1n) is 10.2. The molecule has 1 saturated heterocycles. The summed E-state index contributed by atoms with van der Waals surface area (Å²) < 4.78 is 14.4. The Morgan fingerprint density at radius 3 is 2.77 bits per heavy atom. The van der Waals surface area contributed by atoms with E-state index in [9.17, 15) is 4.79 Å². The first-order valence-corrected chi connectivity index (χ1v) is 10.2. The number of imidazole rings is 1. The number of aromatic nitrogens is 4. The van der Waals surface area contributed by atoms with E-state index in [-0.39, 0.29) is 11.7 Å². The van der Waals surface area contributed by atoms with Gasteiger partial charge in [0.15, 0.2) is 0 Å². The Morgan fingerprint density at radius 2 is 2.03 bits per heavy atom. The SMILES string of the molecule is COCc1ccc(-c2ccc3ncc4c(c3c2)n([C@H]2CCCOC2)c(=O)n4C)cn1. The van der Waals surface area contributed by atoms with Crippen LogP contribution in [0.3, 0.4) is 0 Å². The lowest BCUT2D eigenvalue weighted by Crippen LogP contribution is -2.31. The highest BCUT2D eigenvalue weighted by Crippen LogP contribution is 2.31. The highest BCUT2D eigenvalue weighted by molar-refractivity contribution is 6.04. The fraction of sp³-hybridized carbons (Fsp3) is 0.348. The van der Waals surface area contributed by atoms with Gasteiger partial charge in [0.05, 0.1) is 47.7 Å². The minimum Gasteiger partial charge on any atom is -0.379 e. The van der Waals surface area contributed by atoms with Crippen molar-refractivity contribution in [2.24, 2.45) is 7.05 Å². The maximum absolute atomic E-state index is 13.1. The molecule has 7 heteroatoms. The average molecular weight is 404 g/mol.